The molecule has 2 rings (SSSR count). The highest BCUT2D eigenvalue weighted by molar-refractivity contribution is 7.98. The highest BCUT2D eigenvalue weighted by Gasteiger charge is 2.21. The van der Waals surface area contributed by atoms with E-state index in [0.29, 0.717) is 10.9 Å². The van der Waals surface area contributed by atoms with Crippen LogP contribution in [0.4, 0.5) is 0 Å². The summed E-state index contributed by atoms with van der Waals surface area (Å²) in [5.74, 6) is -1.23. The van der Waals surface area contributed by atoms with Crippen molar-refractivity contribution in [2.75, 3.05) is 6.26 Å². The lowest BCUT2D eigenvalue weighted by atomic mass is 9.97. The lowest BCUT2D eigenvalue weighted by Crippen LogP contribution is -2.05. The number of benzene rings is 2. The maximum Gasteiger partial charge on any atom is 0.339 e. The molecule has 4 heteroatoms. The van der Waals surface area contributed by atoms with Crippen LogP contribution >= 0.6 is 11.8 Å². The van der Waals surface area contributed by atoms with E-state index in [1.165, 1.54) is 0 Å². The average Bonchev–Trinajstić information content (AvgIpc) is 2.37. The van der Waals surface area contributed by atoms with Gasteiger partial charge in [0.15, 0.2) is 0 Å². The molecule has 1 atom stereocenters. The number of carbonyl (C=O) groups is 1. The molecule has 3 nitrogen and oxygen atoms in total. The Hall–Kier alpha value is -1.68. The van der Waals surface area contributed by atoms with Crippen molar-refractivity contribution < 1.29 is 15.0 Å². The lowest BCUT2D eigenvalue weighted by molar-refractivity contribution is 0.0693. The first kappa shape index (κ1) is 12.8. The van der Waals surface area contributed by atoms with Gasteiger partial charge >= 0.3 is 5.97 Å². The van der Waals surface area contributed by atoms with E-state index in [-0.39, 0.29) is 16.6 Å². The predicted octanol–water partition coefficient (Wildman–Crippen LogP) is 3.67. The molecule has 0 aliphatic carbocycles. The summed E-state index contributed by atoms with van der Waals surface area (Å²) in [5.41, 5.74) is 0.668. The molecule has 0 radical (unpaired) electrons. The fourth-order valence-corrected chi connectivity index (χ4v) is 2.46. The molecule has 18 heavy (non-hydrogen) atoms. The molecular formula is C14H14O3S. The molecule has 0 saturated heterocycles. The molecule has 2 aromatic rings. The minimum atomic E-state index is -1.09. The van der Waals surface area contributed by atoms with Crippen molar-refractivity contribution in [3.05, 3.63) is 41.5 Å². The maximum atomic E-state index is 11.3. The summed E-state index contributed by atoms with van der Waals surface area (Å²) >= 11 is 1.55. The van der Waals surface area contributed by atoms with E-state index >= 15 is 0 Å². The van der Waals surface area contributed by atoms with Crippen molar-refractivity contribution in [1.82, 2.24) is 0 Å². The minimum Gasteiger partial charge on any atom is -0.506 e. The van der Waals surface area contributed by atoms with Crippen LogP contribution in [0, 0.1) is 0 Å². The van der Waals surface area contributed by atoms with E-state index in [0.717, 1.165) is 5.39 Å². The van der Waals surface area contributed by atoms with Gasteiger partial charge in [0.05, 0.1) is 0 Å². The summed E-state index contributed by atoms with van der Waals surface area (Å²) in [6.07, 6.45) is 1.92. The van der Waals surface area contributed by atoms with Crippen molar-refractivity contribution in [2.45, 2.75) is 12.2 Å². The summed E-state index contributed by atoms with van der Waals surface area (Å²) in [7, 11) is 0. The number of hydrogen-bond donors (Lipinski definition) is 2. The molecule has 2 aromatic carbocycles. The van der Waals surface area contributed by atoms with Gasteiger partial charge in [-0.2, -0.15) is 11.8 Å². The Bertz CT molecular complexity index is 607. The van der Waals surface area contributed by atoms with Crippen LogP contribution in [0.15, 0.2) is 30.3 Å². The van der Waals surface area contributed by atoms with Gasteiger partial charge in [-0.1, -0.05) is 24.3 Å². The Morgan fingerprint density at radius 1 is 1.33 bits per heavy atom. The van der Waals surface area contributed by atoms with Gasteiger partial charge < -0.3 is 10.2 Å². The molecule has 0 saturated carbocycles. The normalized spacial score (nSPS) is 12.6. The van der Waals surface area contributed by atoms with Gasteiger partial charge in [-0.05, 0) is 30.2 Å². The van der Waals surface area contributed by atoms with Gasteiger partial charge in [-0.15, -0.1) is 0 Å². The van der Waals surface area contributed by atoms with E-state index in [4.69, 9.17) is 0 Å². The Morgan fingerprint density at radius 2 is 2.00 bits per heavy atom. The first-order valence-corrected chi connectivity index (χ1v) is 6.85. The Morgan fingerprint density at radius 3 is 2.61 bits per heavy atom. The van der Waals surface area contributed by atoms with E-state index in [2.05, 4.69) is 0 Å². The third kappa shape index (κ3) is 2.04. The third-order valence-corrected chi connectivity index (χ3v) is 4.02. The van der Waals surface area contributed by atoms with Gasteiger partial charge in [0, 0.05) is 10.6 Å². The molecule has 0 aromatic heterocycles. The smallest absolute Gasteiger partial charge is 0.339 e. The number of carboxylic acids is 1. The Labute approximate surface area is 109 Å². The van der Waals surface area contributed by atoms with Gasteiger partial charge in [-0.3, -0.25) is 0 Å². The fraction of sp³-hybridized carbons (Fsp3) is 0.214. The van der Waals surface area contributed by atoms with Gasteiger partial charge in [-0.25, -0.2) is 4.79 Å². The number of carboxylic acid groups (broad SMARTS) is 1. The summed E-state index contributed by atoms with van der Waals surface area (Å²) in [4.78, 5) is 11.3. The zero-order chi connectivity index (χ0) is 13.3. The molecule has 0 aliphatic heterocycles. The van der Waals surface area contributed by atoms with Crippen LogP contribution in [0.1, 0.15) is 28.1 Å². The lowest BCUT2D eigenvalue weighted by Gasteiger charge is -2.15. The second kappa shape index (κ2) is 4.90. The summed E-state index contributed by atoms with van der Waals surface area (Å²) in [6.45, 7) is 1.93. The average molecular weight is 262 g/mol. The van der Waals surface area contributed by atoms with Gasteiger partial charge in [0.1, 0.15) is 11.3 Å². The van der Waals surface area contributed by atoms with Gasteiger partial charge in [0.25, 0.3) is 0 Å². The van der Waals surface area contributed by atoms with Crippen molar-refractivity contribution >= 4 is 28.5 Å². The van der Waals surface area contributed by atoms with Crippen molar-refractivity contribution in [1.29, 1.82) is 0 Å². The van der Waals surface area contributed by atoms with Crippen molar-refractivity contribution in [3.63, 3.8) is 0 Å². The first-order valence-electron chi connectivity index (χ1n) is 5.57. The summed E-state index contributed by atoms with van der Waals surface area (Å²) < 4.78 is 0. The fourth-order valence-electron chi connectivity index (χ4n) is 2.02. The minimum absolute atomic E-state index is 0.00977. The number of hydrogen-bond acceptors (Lipinski definition) is 3. The van der Waals surface area contributed by atoms with Crippen LogP contribution < -0.4 is 0 Å². The maximum absolute atomic E-state index is 11.3. The van der Waals surface area contributed by atoms with Crippen LogP contribution in [0.25, 0.3) is 10.8 Å². The number of fused-ring (bicyclic) bond motifs is 1. The molecule has 0 spiro atoms. The number of thioether (sulfide) groups is 1. The Kier molecular flexibility index (Phi) is 3.48. The van der Waals surface area contributed by atoms with Crippen molar-refractivity contribution in [2.24, 2.45) is 0 Å². The van der Waals surface area contributed by atoms with Crippen LogP contribution in [-0.2, 0) is 0 Å². The van der Waals surface area contributed by atoms with Gasteiger partial charge in [0.2, 0.25) is 0 Å². The zero-order valence-corrected chi connectivity index (χ0v) is 11.0. The molecule has 94 valence electrons. The largest absolute Gasteiger partial charge is 0.506 e. The zero-order valence-electron chi connectivity index (χ0n) is 10.2. The molecule has 0 bridgehead atoms. The number of phenols is 1. The second-order valence-corrected chi connectivity index (χ2v) is 5.27. The van der Waals surface area contributed by atoms with E-state index in [1.807, 2.05) is 31.4 Å². The predicted molar refractivity (Wildman–Crippen MR) is 74.5 cm³/mol. The molecule has 2 N–H and O–H groups in total. The standard InChI is InChI=1S/C14H14O3S/c1-8(18-2)11-7-9-5-3-4-6-10(9)13(15)12(11)14(16)17/h3-8,15H,1-2H3,(H,16,17). The Balaban J connectivity index is 2.83. The van der Waals surface area contributed by atoms with Crippen LogP contribution in [0.5, 0.6) is 5.75 Å². The van der Waals surface area contributed by atoms with Crippen molar-refractivity contribution in [3.8, 4) is 5.75 Å². The summed E-state index contributed by atoms with van der Waals surface area (Å²) in [6, 6.07) is 9.10. The number of rotatable bonds is 3. The highest BCUT2D eigenvalue weighted by Crippen LogP contribution is 2.38. The molecule has 0 amide bonds. The quantitative estimate of drug-likeness (QED) is 0.886. The van der Waals surface area contributed by atoms with E-state index in [9.17, 15) is 15.0 Å². The van der Waals surface area contributed by atoms with E-state index < -0.39 is 5.97 Å². The summed E-state index contributed by atoms with van der Waals surface area (Å²) in [5, 5.41) is 20.9. The van der Waals surface area contributed by atoms with Crippen LogP contribution in [-0.4, -0.2) is 22.4 Å². The number of aromatic carboxylic acids is 1. The molecule has 0 fully saturated rings. The van der Waals surface area contributed by atoms with E-state index in [1.54, 1.807) is 23.9 Å². The highest BCUT2D eigenvalue weighted by atomic mass is 32.2. The molecule has 0 heterocycles. The monoisotopic (exact) mass is 262 g/mol. The molecule has 0 aliphatic rings. The van der Waals surface area contributed by atoms with Crippen LogP contribution in [0.2, 0.25) is 0 Å². The second-order valence-electron chi connectivity index (χ2n) is 4.09. The molecular weight excluding hydrogens is 248 g/mol. The third-order valence-electron chi connectivity index (χ3n) is 3.06. The van der Waals surface area contributed by atoms with Crippen LogP contribution in [0.3, 0.4) is 0 Å². The topological polar surface area (TPSA) is 57.5 Å². The number of aromatic hydroxyl groups is 1. The first-order chi connectivity index (χ1) is 8.56. The SMILES string of the molecule is CSC(C)c1cc2ccccc2c(O)c1C(=O)O. The molecule has 1 unspecified atom stereocenters.